The Morgan fingerprint density at radius 3 is 2.71 bits per heavy atom. The molecule has 1 aromatic carbocycles. The second kappa shape index (κ2) is 6.28. The van der Waals surface area contributed by atoms with Crippen LogP contribution in [0.1, 0.15) is 22.8 Å². The van der Waals surface area contributed by atoms with Gasteiger partial charge in [0, 0.05) is 5.69 Å². The number of anilines is 2. The molecular formula is C14H12Cl2FN3O. The standard InChI is InChI=1S/C14H12Cl2FN3O/c1-2-7-5-11(15)19-13(16)12(7)20-14(21)9-4-3-8(18)6-10(9)17/h3-6H,2,18H2,1H3,(H,20,21). The number of pyridine rings is 1. The Morgan fingerprint density at radius 1 is 1.38 bits per heavy atom. The van der Waals surface area contributed by atoms with E-state index in [4.69, 9.17) is 28.9 Å². The van der Waals surface area contributed by atoms with Gasteiger partial charge in [-0.15, -0.1) is 0 Å². The van der Waals surface area contributed by atoms with Gasteiger partial charge in [-0.25, -0.2) is 9.37 Å². The van der Waals surface area contributed by atoms with Crippen LogP contribution in [0.4, 0.5) is 15.8 Å². The van der Waals surface area contributed by atoms with Crippen LogP contribution in [0.25, 0.3) is 0 Å². The number of nitrogens with two attached hydrogens (primary N) is 1. The van der Waals surface area contributed by atoms with E-state index in [1.807, 2.05) is 6.92 Å². The number of aromatic nitrogens is 1. The fourth-order valence-corrected chi connectivity index (χ4v) is 2.36. The number of amides is 1. The fourth-order valence-electron chi connectivity index (χ4n) is 1.84. The van der Waals surface area contributed by atoms with Crippen molar-refractivity contribution in [2.45, 2.75) is 13.3 Å². The number of carbonyl (C=O) groups is 1. The normalized spacial score (nSPS) is 10.5. The molecule has 2 aromatic rings. The van der Waals surface area contributed by atoms with Crippen molar-refractivity contribution >= 4 is 40.5 Å². The van der Waals surface area contributed by atoms with Gasteiger partial charge in [0.2, 0.25) is 0 Å². The maximum absolute atomic E-state index is 13.7. The Bertz CT molecular complexity index is 707. The van der Waals surface area contributed by atoms with Gasteiger partial charge < -0.3 is 11.1 Å². The molecule has 0 aliphatic carbocycles. The lowest BCUT2D eigenvalue weighted by atomic mass is 10.1. The minimum Gasteiger partial charge on any atom is -0.399 e. The molecule has 7 heteroatoms. The number of halogens is 3. The van der Waals surface area contributed by atoms with E-state index in [1.165, 1.54) is 12.1 Å². The van der Waals surface area contributed by atoms with E-state index < -0.39 is 11.7 Å². The maximum atomic E-state index is 13.7. The van der Waals surface area contributed by atoms with E-state index in [0.29, 0.717) is 17.7 Å². The summed E-state index contributed by atoms with van der Waals surface area (Å²) >= 11 is 11.8. The van der Waals surface area contributed by atoms with Crippen molar-refractivity contribution < 1.29 is 9.18 Å². The number of rotatable bonds is 3. The first-order valence-corrected chi connectivity index (χ1v) is 6.89. The third-order valence-electron chi connectivity index (χ3n) is 2.88. The van der Waals surface area contributed by atoms with Gasteiger partial charge in [-0.05, 0) is 36.2 Å². The van der Waals surface area contributed by atoms with Crippen molar-refractivity contribution in [2.24, 2.45) is 0 Å². The highest BCUT2D eigenvalue weighted by Gasteiger charge is 2.16. The first-order chi connectivity index (χ1) is 9.92. The molecular weight excluding hydrogens is 316 g/mol. The third kappa shape index (κ3) is 3.43. The van der Waals surface area contributed by atoms with Crippen molar-refractivity contribution in [3.8, 4) is 0 Å². The van der Waals surface area contributed by atoms with Gasteiger partial charge in [0.05, 0.1) is 11.3 Å². The van der Waals surface area contributed by atoms with Crippen molar-refractivity contribution in [1.29, 1.82) is 0 Å². The molecule has 2 rings (SSSR count). The zero-order chi connectivity index (χ0) is 15.6. The Labute approximate surface area is 131 Å². The second-order valence-corrected chi connectivity index (χ2v) is 5.06. The largest absolute Gasteiger partial charge is 0.399 e. The highest BCUT2D eigenvalue weighted by molar-refractivity contribution is 6.35. The van der Waals surface area contributed by atoms with Crippen LogP contribution < -0.4 is 11.1 Å². The SMILES string of the molecule is CCc1cc(Cl)nc(Cl)c1NC(=O)c1ccc(N)cc1F. The molecule has 0 aliphatic rings. The van der Waals surface area contributed by atoms with Crippen molar-refractivity contribution in [3.63, 3.8) is 0 Å². The van der Waals surface area contributed by atoms with Gasteiger partial charge in [0.25, 0.3) is 5.91 Å². The molecule has 0 saturated heterocycles. The van der Waals surface area contributed by atoms with Gasteiger partial charge in [-0.3, -0.25) is 4.79 Å². The molecule has 4 nitrogen and oxygen atoms in total. The van der Waals surface area contributed by atoms with Crippen LogP contribution in [0, 0.1) is 5.82 Å². The first-order valence-electron chi connectivity index (χ1n) is 6.13. The quantitative estimate of drug-likeness (QED) is 0.663. The minimum absolute atomic E-state index is 0.0588. The number of carbonyl (C=O) groups excluding carboxylic acids is 1. The van der Waals surface area contributed by atoms with Gasteiger partial charge in [-0.2, -0.15) is 0 Å². The molecule has 3 N–H and O–H groups in total. The molecule has 1 aromatic heterocycles. The molecule has 21 heavy (non-hydrogen) atoms. The molecule has 0 saturated carbocycles. The molecule has 0 aliphatic heterocycles. The summed E-state index contributed by atoms with van der Waals surface area (Å²) in [4.78, 5) is 16.0. The van der Waals surface area contributed by atoms with Crippen LogP contribution in [-0.2, 0) is 6.42 Å². The lowest BCUT2D eigenvalue weighted by Crippen LogP contribution is -2.16. The Morgan fingerprint density at radius 2 is 2.10 bits per heavy atom. The number of nitrogen functional groups attached to an aromatic ring is 1. The predicted octanol–water partition coefficient (Wildman–Crippen LogP) is 3.92. The summed E-state index contributed by atoms with van der Waals surface area (Å²) in [6.45, 7) is 1.88. The van der Waals surface area contributed by atoms with Crippen LogP contribution in [0.3, 0.4) is 0 Å². The Balaban J connectivity index is 2.36. The minimum atomic E-state index is -0.705. The lowest BCUT2D eigenvalue weighted by Gasteiger charge is -2.12. The predicted molar refractivity (Wildman–Crippen MR) is 82.4 cm³/mol. The average molecular weight is 328 g/mol. The zero-order valence-electron chi connectivity index (χ0n) is 11.1. The van der Waals surface area contributed by atoms with E-state index in [-0.39, 0.29) is 21.6 Å². The second-order valence-electron chi connectivity index (χ2n) is 4.32. The van der Waals surface area contributed by atoms with E-state index >= 15 is 0 Å². The number of aryl methyl sites for hydroxylation is 1. The average Bonchev–Trinajstić information content (AvgIpc) is 2.41. The number of nitrogens with zero attached hydrogens (tertiary/aromatic N) is 1. The van der Waals surface area contributed by atoms with Crippen molar-refractivity contribution in [2.75, 3.05) is 11.1 Å². The smallest absolute Gasteiger partial charge is 0.258 e. The Kier molecular flexibility index (Phi) is 4.65. The number of benzene rings is 1. The molecule has 1 amide bonds. The summed E-state index contributed by atoms with van der Waals surface area (Å²) < 4.78 is 13.7. The zero-order valence-corrected chi connectivity index (χ0v) is 12.6. The van der Waals surface area contributed by atoms with Crippen LogP contribution in [0.2, 0.25) is 10.3 Å². The molecule has 0 unspecified atom stereocenters. The lowest BCUT2D eigenvalue weighted by molar-refractivity contribution is 0.102. The third-order valence-corrected chi connectivity index (χ3v) is 3.35. The first kappa shape index (κ1) is 15.5. The molecule has 0 bridgehead atoms. The summed E-state index contributed by atoms with van der Waals surface area (Å²) in [5.41, 5.74) is 6.60. The Hall–Kier alpha value is -1.85. The monoisotopic (exact) mass is 327 g/mol. The van der Waals surface area contributed by atoms with Crippen molar-refractivity contribution in [1.82, 2.24) is 4.98 Å². The number of hydrogen-bond donors (Lipinski definition) is 2. The summed E-state index contributed by atoms with van der Waals surface area (Å²) in [6, 6.07) is 5.43. The van der Waals surface area contributed by atoms with Crippen LogP contribution >= 0.6 is 23.2 Å². The molecule has 1 heterocycles. The van der Waals surface area contributed by atoms with E-state index in [1.54, 1.807) is 6.07 Å². The fraction of sp³-hybridized carbons (Fsp3) is 0.143. The molecule has 0 radical (unpaired) electrons. The van der Waals surface area contributed by atoms with E-state index in [0.717, 1.165) is 6.07 Å². The summed E-state index contributed by atoms with van der Waals surface area (Å²) in [6.07, 6.45) is 0.585. The van der Waals surface area contributed by atoms with Crippen LogP contribution in [0.15, 0.2) is 24.3 Å². The van der Waals surface area contributed by atoms with Gasteiger partial charge in [0.15, 0.2) is 5.15 Å². The van der Waals surface area contributed by atoms with E-state index in [2.05, 4.69) is 10.3 Å². The van der Waals surface area contributed by atoms with Crippen molar-refractivity contribution in [3.05, 3.63) is 51.5 Å². The summed E-state index contributed by atoms with van der Waals surface area (Å²) in [5.74, 6) is -1.34. The topological polar surface area (TPSA) is 68.0 Å². The number of nitrogens with one attached hydrogen (secondary N) is 1. The van der Waals surface area contributed by atoms with Gasteiger partial charge in [0.1, 0.15) is 11.0 Å². The highest BCUT2D eigenvalue weighted by Crippen LogP contribution is 2.28. The molecule has 110 valence electrons. The summed E-state index contributed by atoms with van der Waals surface area (Å²) in [7, 11) is 0. The molecule has 0 spiro atoms. The highest BCUT2D eigenvalue weighted by atomic mass is 35.5. The number of hydrogen-bond acceptors (Lipinski definition) is 3. The van der Waals surface area contributed by atoms with Crippen LogP contribution in [0.5, 0.6) is 0 Å². The maximum Gasteiger partial charge on any atom is 0.258 e. The van der Waals surface area contributed by atoms with Crippen LogP contribution in [-0.4, -0.2) is 10.9 Å². The van der Waals surface area contributed by atoms with E-state index in [9.17, 15) is 9.18 Å². The molecule has 0 atom stereocenters. The summed E-state index contributed by atoms with van der Waals surface area (Å²) in [5, 5.41) is 2.85. The van der Waals surface area contributed by atoms with Gasteiger partial charge in [-0.1, -0.05) is 30.1 Å². The molecule has 0 fully saturated rings. The van der Waals surface area contributed by atoms with Gasteiger partial charge >= 0.3 is 0 Å².